The number of anilines is 2. The summed E-state index contributed by atoms with van der Waals surface area (Å²) in [6.07, 6.45) is 13.0. The Labute approximate surface area is 154 Å². The van der Waals surface area contributed by atoms with Crippen LogP contribution < -0.4 is 5.32 Å². The van der Waals surface area contributed by atoms with E-state index in [1.165, 1.54) is 80.3 Å². The van der Waals surface area contributed by atoms with Gasteiger partial charge in [0.2, 0.25) is 0 Å². The van der Waals surface area contributed by atoms with Crippen LogP contribution in [0.4, 0.5) is 11.4 Å². The zero-order chi connectivity index (χ0) is 17.7. The van der Waals surface area contributed by atoms with Crippen LogP contribution >= 0.6 is 0 Å². The van der Waals surface area contributed by atoms with Gasteiger partial charge in [-0.2, -0.15) is 0 Å². The van der Waals surface area contributed by atoms with Crippen molar-refractivity contribution in [2.45, 2.75) is 78.1 Å². The second-order valence-corrected chi connectivity index (χ2v) is 7.10. The fourth-order valence-corrected chi connectivity index (χ4v) is 3.25. The second-order valence-electron chi connectivity index (χ2n) is 7.10. The molecule has 0 saturated carbocycles. The molecule has 0 aliphatic rings. The van der Waals surface area contributed by atoms with Gasteiger partial charge in [-0.1, -0.05) is 82.7 Å². The second kappa shape index (κ2) is 11.7. The quantitative estimate of drug-likeness (QED) is 0.392. The fourth-order valence-electron chi connectivity index (χ4n) is 3.25. The molecule has 2 aromatic carbocycles. The topological polar surface area (TPSA) is 12.0 Å². The highest BCUT2D eigenvalue weighted by molar-refractivity contribution is 5.63. The van der Waals surface area contributed by atoms with E-state index in [9.17, 15) is 0 Å². The number of aryl methyl sites for hydroxylation is 2. The molecule has 0 aliphatic carbocycles. The van der Waals surface area contributed by atoms with Gasteiger partial charge in [0.25, 0.3) is 0 Å². The molecule has 2 aromatic rings. The molecule has 136 valence electrons. The molecule has 0 saturated heterocycles. The highest BCUT2D eigenvalue weighted by Crippen LogP contribution is 2.23. The number of nitrogens with one attached hydrogen (secondary N) is 1. The Morgan fingerprint density at radius 2 is 1.32 bits per heavy atom. The first-order valence-corrected chi connectivity index (χ1v) is 10.3. The summed E-state index contributed by atoms with van der Waals surface area (Å²) in [4.78, 5) is 0. The third-order valence-corrected chi connectivity index (χ3v) is 4.87. The fraction of sp³-hybridized carbons (Fsp3) is 0.500. The van der Waals surface area contributed by atoms with Crippen molar-refractivity contribution in [1.29, 1.82) is 0 Å². The zero-order valence-corrected chi connectivity index (χ0v) is 16.2. The van der Waals surface area contributed by atoms with Crippen molar-refractivity contribution >= 4 is 11.4 Å². The van der Waals surface area contributed by atoms with Gasteiger partial charge in [0, 0.05) is 11.4 Å². The van der Waals surface area contributed by atoms with Crippen LogP contribution in [0.1, 0.15) is 76.3 Å². The van der Waals surface area contributed by atoms with Gasteiger partial charge >= 0.3 is 0 Å². The number of hydrogen-bond donors (Lipinski definition) is 1. The van der Waals surface area contributed by atoms with Gasteiger partial charge in [-0.05, 0) is 55.0 Å². The van der Waals surface area contributed by atoms with Crippen LogP contribution in [0.2, 0.25) is 0 Å². The molecule has 1 heteroatoms. The minimum atomic E-state index is 1.15. The predicted octanol–water partition coefficient (Wildman–Crippen LogP) is 7.68. The third kappa shape index (κ3) is 7.34. The third-order valence-electron chi connectivity index (χ3n) is 4.87. The molecule has 1 nitrogen and oxygen atoms in total. The van der Waals surface area contributed by atoms with Crippen LogP contribution in [0.15, 0.2) is 48.5 Å². The van der Waals surface area contributed by atoms with E-state index in [1.54, 1.807) is 0 Å². The molecule has 0 unspecified atom stereocenters. The first-order valence-electron chi connectivity index (χ1n) is 10.3. The van der Waals surface area contributed by atoms with Crippen LogP contribution in [0.3, 0.4) is 0 Å². The molecule has 0 amide bonds. The molecule has 2 rings (SSSR count). The largest absolute Gasteiger partial charge is 0.355 e. The predicted molar refractivity (Wildman–Crippen MR) is 112 cm³/mol. The normalized spacial score (nSPS) is 10.8. The van der Waals surface area contributed by atoms with Gasteiger partial charge in [0.05, 0.1) is 0 Å². The Morgan fingerprint density at radius 3 is 2.08 bits per heavy atom. The lowest BCUT2D eigenvalue weighted by atomic mass is 10.0. The summed E-state index contributed by atoms with van der Waals surface area (Å²) in [7, 11) is 0. The van der Waals surface area contributed by atoms with E-state index in [0.29, 0.717) is 0 Å². The van der Waals surface area contributed by atoms with Crippen molar-refractivity contribution in [1.82, 2.24) is 0 Å². The molecule has 0 spiro atoms. The zero-order valence-electron chi connectivity index (χ0n) is 16.2. The lowest BCUT2D eigenvalue weighted by Gasteiger charge is -2.12. The minimum absolute atomic E-state index is 1.15. The molecular weight excluding hydrogens is 302 g/mol. The Morgan fingerprint density at radius 1 is 0.640 bits per heavy atom. The van der Waals surface area contributed by atoms with Crippen molar-refractivity contribution in [3.63, 3.8) is 0 Å². The van der Waals surface area contributed by atoms with Crippen LogP contribution in [-0.4, -0.2) is 0 Å². The van der Waals surface area contributed by atoms with Crippen molar-refractivity contribution in [2.75, 3.05) is 5.32 Å². The highest BCUT2D eigenvalue weighted by atomic mass is 14.9. The lowest BCUT2D eigenvalue weighted by Crippen LogP contribution is -1.96. The molecule has 0 aromatic heterocycles. The monoisotopic (exact) mass is 337 g/mol. The molecule has 1 N–H and O–H groups in total. The van der Waals surface area contributed by atoms with Crippen molar-refractivity contribution in [3.8, 4) is 0 Å². The van der Waals surface area contributed by atoms with Crippen LogP contribution in [0.25, 0.3) is 0 Å². The molecule has 0 bridgehead atoms. The van der Waals surface area contributed by atoms with E-state index in [4.69, 9.17) is 0 Å². The van der Waals surface area contributed by atoms with Crippen LogP contribution in [-0.2, 0) is 12.8 Å². The Balaban J connectivity index is 1.82. The molecule has 0 radical (unpaired) electrons. The SMILES string of the molecule is CCCCCCCCc1ccc(Nc2ccccc2CCCC)cc1. The maximum absolute atomic E-state index is 3.60. The summed E-state index contributed by atoms with van der Waals surface area (Å²) in [5, 5.41) is 3.60. The summed E-state index contributed by atoms with van der Waals surface area (Å²) in [6.45, 7) is 4.52. The summed E-state index contributed by atoms with van der Waals surface area (Å²) >= 11 is 0. The highest BCUT2D eigenvalue weighted by Gasteiger charge is 2.02. The first-order chi connectivity index (χ1) is 12.3. The van der Waals surface area contributed by atoms with Crippen LogP contribution in [0.5, 0.6) is 0 Å². The average Bonchev–Trinajstić information content (AvgIpc) is 2.65. The summed E-state index contributed by atoms with van der Waals surface area (Å²) < 4.78 is 0. The Bertz CT molecular complexity index is 585. The Hall–Kier alpha value is -1.76. The summed E-state index contributed by atoms with van der Waals surface area (Å²) in [5.41, 5.74) is 5.32. The molecule has 0 fully saturated rings. The van der Waals surface area contributed by atoms with E-state index >= 15 is 0 Å². The summed E-state index contributed by atoms with van der Waals surface area (Å²) in [5.74, 6) is 0. The lowest BCUT2D eigenvalue weighted by molar-refractivity contribution is 0.607. The van der Waals surface area contributed by atoms with Gasteiger partial charge in [-0.15, -0.1) is 0 Å². The first kappa shape index (κ1) is 19.6. The van der Waals surface area contributed by atoms with Gasteiger partial charge in [-0.25, -0.2) is 0 Å². The number of rotatable bonds is 12. The smallest absolute Gasteiger partial charge is 0.0416 e. The molecule has 0 aliphatic heterocycles. The number of unbranched alkanes of at least 4 members (excludes halogenated alkanes) is 6. The molecule has 0 atom stereocenters. The van der Waals surface area contributed by atoms with Crippen LogP contribution in [0, 0.1) is 0 Å². The van der Waals surface area contributed by atoms with E-state index in [2.05, 4.69) is 67.7 Å². The minimum Gasteiger partial charge on any atom is -0.355 e. The molecular formula is C24H35N. The molecule has 0 heterocycles. The van der Waals surface area contributed by atoms with Gasteiger partial charge in [0.1, 0.15) is 0 Å². The maximum atomic E-state index is 3.60. The summed E-state index contributed by atoms with van der Waals surface area (Å²) in [6, 6.07) is 17.7. The van der Waals surface area contributed by atoms with Crippen molar-refractivity contribution < 1.29 is 0 Å². The van der Waals surface area contributed by atoms with Crippen molar-refractivity contribution in [2.24, 2.45) is 0 Å². The molecule has 25 heavy (non-hydrogen) atoms. The van der Waals surface area contributed by atoms with Gasteiger partial charge < -0.3 is 5.32 Å². The van der Waals surface area contributed by atoms with Gasteiger partial charge in [-0.3, -0.25) is 0 Å². The van der Waals surface area contributed by atoms with Gasteiger partial charge in [0.15, 0.2) is 0 Å². The van der Waals surface area contributed by atoms with Crippen molar-refractivity contribution in [3.05, 3.63) is 59.7 Å². The van der Waals surface area contributed by atoms with E-state index < -0.39 is 0 Å². The number of benzene rings is 2. The van der Waals surface area contributed by atoms with E-state index in [0.717, 1.165) is 6.42 Å². The number of hydrogen-bond acceptors (Lipinski definition) is 1. The number of para-hydroxylation sites is 1. The standard InChI is InChI=1S/C24H35N/c1-3-5-7-8-9-10-13-21-17-19-23(20-18-21)25-24-16-12-11-15-22(24)14-6-4-2/h11-12,15-20,25H,3-10,13-14H2,1-2H3. The van der Waals surface area contributed by atoms with E-state index in [1.807, 2.05) is 0 Å². The average molecular weight is 338 g/mol. The Kier molecular flexibility index (Phi) is 9.18. The maximum Gasteiger partial charge on any atom is 0.0416 e. The van der Waals surface area contributed by atoms with E-state index in [-0.39, 0.29) is 0 Å².